The van der Waals surface area contributed by atoms with Gasteiger partial charge in [-0.15, -0.1) is 0 Å². The molecule has 0 aromatic heterocycles. The van der Waals surface area contributed by atoms with Gasteiger partial charge in [-0.25, -0.2) is 0 Å². The predicted molar refractivity (Wildman–Crippen MR) is 80.4 cm³/mol. The highest BCUT2D eigenvalue weighted by atomic mass is 32.2. The van der Waals surface area contributed by atoms with Crippen LogP contribution in [-0.2, 0) is 4.79 Å². The summed E-state index contributed by atoms with van der Waals surface area (Å²) in [5, 5.41) is 12.4. The van der Waals surface area contributed by atoms with Gasteiger partial charge < -0.3 is 10.4 Å². The summed E-state index contributed by atoms with van der Waals surface area (Å²) in [4.78, 5) is 11.3. The van der Waals surface area contributed by atoms with Crippen LogP contribution in [0.1, 0.15) is 59.3 Å². The Bertz CT molecular complexity index is 224. The third-order valence-electron chi connectivity index (χ3n) is 3.09. The maximum atomic E-state index is 11.3. The number of thioether (sulfide) groups is 1. The normalized spacial score (nSPS) is 14.4. The minimum absolute atomic E-state index is 0.719. The van der Waals surface area contributed by atoms with E-state index in [1.165, 1.54) is 18.6 Å². The minimum Gasteiger partial charge on any atom is -0.480 e. The molecule has 18 heavy (non-hydrogen) atoms. The van der Waals surface area contributed by atoms with Gasteiger partial charge in [-0.05, 0) is 50.7 Å². The average Bonchev–Trinajstić information content (AvgIpc) is 2.35. The monoisotopic (exact) mass is 275 g/mol. The summed E-state index contributed by atoms with van der Waals surface area (Å²) in [6.07, 6.45) is 6.33. The molecule has 0 spiro atoms. The van der Waals surface area contributed by atoms with Gasteiger partial charge in [0, 0.05) is 0 Å². The topological polar surface area (TPSA) is 49.3 Å². The number of carboxylic acid groups (broad SMARTS) is 1. The van der Waals surface area contributed by atoms with Gasteiger partial charge in [0.1, 0.15) is 5.54 Å². The van der Waals surface area contributed by atoms with Crippen molar-refractivity contribution in [3.63, 3.8) is 0 Å². The lowest BCUT2D eigenvalue weighted by molar-refractivity contribution is -0.144. The van der Waals surface area contributed by atoms with E-state index in [2.05, 4.69) is 19.2 Å². The molecular weight excluding hydrogens is 246 g/mol. The van der Waals surface area contributed by atoms with Crippen LogP contribution in [-0.4, -0.2) is 34.7 Å². The van der Waals surface area contributed by atoms with Gasteiger partial charge in [0.15, 0.2) is 0 Å². The Morgan fingerprint density at radius 1 is 1.17 bits per heavy atom. The largest absolute Gasteiger partial charge is 0.480 e. The van der Waals surface area contributed by atoms with Crippen LogP contribution in [0.5, 0.6) is 0 Å². The molecule has 4 heteroatoms. The molecular formula is C14H29NO2S. The zero-order chi connectivity index (χ0) is 13.9. The van der Waals surface area contributed by atoms with Crippen molar-refractivity contribution in [3.05, 3.63) is 0 Å². The standard InChI is InChI=1S/C14H29NO2S/c1-4-6-11-18-12-8-7-9-14(3,13(16)17)15-10-5-2/h15H,4-12H2,1-3H3,(H,16,17). The van der Waals surface area contributed by atoms with E-state index < -0.39 is 11.5 Å². The summed E-state index contributed by atoms with van der Waals surface area (Å²) in [6.45, 7) is 6.83. The summed E-state index contributed by atoms with van der Waals surface area (Å²) in [7, 11) is 0. The van der Waals surface area contributed by atoms with Crippen molar-refractivity contribution >= 4 is 17.7 Å². The van der Waals surface area contributed by atoms with Gasteiger partial charge >= 0.3 is 5.97 Å². The van der Waals surface area contributed by atoms with Gasteiger partial charge in [-0.3, -0.25) is 4.79 Å². The second-order valence-corrected chi connectivity index (χ2v) is 6.21. The molecule has 108 valence electrons. The fourth-order valence-corrected chi connectivity index (χ4v) is 2.81. The van der Waals surface area contributed by atoms with Gasteiger partial charge in [-0.2, -0.15) is 11.8 Å². The van der Waals surface area contributed by atoms with Gasteiger partial charge in [0.2, 0.25) is 0 Å². The van der Waals surface area contributed by atoms with Gasteiger partial charge in [0.05, 0.1) is 0 Å². The van der Waals surface area contributed by atoms with Crippen LogP contribution in [0, 0.1) is 0 Å². The van der Waals surface area contributed by atoms with Crippen LogP contribution in [0.15, 0.2) is 0 Å². The molecule has 2 N–H and O–H groups in total. The van der Waals surface area contributed by atoms with Crippen LogP contribution < -0.4 is 5.32 Å². The smallest absolute Gasteiger partial charge is 0.323 e. The molecule has 0 bridgehead atoms. The molecule has 1 atom stereocenters. The Morgan fingerprint density at radius 2 is 1.83 bits per heavy atom. The van der Waals surface area contributed by atoms with Crippen molar-refractivity contribution < 1.29 is 9.90 Å². The lowest BCUT2D eigenvalue weighted by atomic mass is 9.95. The molecule has 0 radical (unpaired) electrons. The van der Waals surface area contributed by atoms with E-state index in [9.17, 15) is 9.90 Å². The van der Waals surface area contributed by atoms with Crippen LogP contribution in [0.25, 0.3) is 0 Å². The Hall–Kier alpha value is -0.220. The Kier molecular flexibility index (Phi) is 10.5. The fourth-order valence-electron chi connectivity index (χ4n) is 1.70. The summed E-state index contributed by atoms with van der Waals surface area (Å²) in [5.41, 5.74) is -0.746. The summed E-state index contributed by atoms with van der Waals surface area (Å²) >= 11 is 1.99. The van der Waals surface area contributed by atoms with Crippen molar-refractivity contribution in [1.29, 1.82) is 0 Å². The lowest BCUT2D eigenvalue weighted by Crippen LogP contribution is -2.49. The second-order valence-electron chi connectivity index (χ2n) is 4.99. The number of hydrogen-bond donors (Lipinski definition) is 2. The molecule has 0 fully saturated rings. The van der Waals surface area contributed by atoms with Gasteiger partial charge in [-0.1, -0.05) is 26.7 Å². The van der Waals surface area contributed by atoms with E-state index in [0.29, 0.717) is 0 Å². The minimum atomic E-state index is -0.746. The van der Waals surface area contributed by atoms with E-state index >= 15 is 0 Å². The maximum Gasteiger partial charge on any atom is 0.323 e. The van der Waals surface area contributed by atoms with Crippen molar-refractivity contribution in [1.82, 2.24) is 5.32 Å². The first-order valence-corrected chi connectivity index (χ1v) is 8.28. The van der Waals surface area contributed by atoms with Crippen LogP contribution in [0.3, 0.4) is 0 Å². The molecule has 0 saturated heterocycles. The first-order chi connectivity index (χ1) is 8.56. The summed E-state index contributed by atoms with van der Waals surface area (Å²) in [5.74, 6) is 1.67. The van der Waals surface area contributed by atoms with Crippen LogP contribution in [0.2, 0.25) is 0 Å². The van der Waals surface area contributed by atoms with E-state index in [1.807, 2.05) is 11.8 Å². The van der Waals surface area contributed by atoms with E-state index in [1.54, 1.807) is 6.92 Å². The molecule has 3 nitrogen and oxygen atoms in total. The Labute approximate surface area is 116 Å². The number of aliphatic carboxylic acids is 1. The third kappa shape index (κ3) is 7.98. The molecule has 0 rings (SSSR count). The van der Waals surface area contributed by atoms with Gasteiger partial charge in [0.25, 0.3) is 0 Å². The number of nitrogens with one attached hydrogen (secondary N) is 1. The molecule has 0 aromatic carbocycles. The number of hydrogen-bond acceptors (Lipinski definition) is 3. The van der Waals surface area contributed by atoms with Crippen molar-refractivity contribution in [2.45, 2.75) is 64.8 Å². The van der Waals surface area contributed by atoms with Crippen molar-refractivity contribution in [3.8, 4) is 0 Å². The highest BCUT2D eigenvalue weighted by Gasteiger charge is 2.31. The SMILES string of the molecule is CCCCSCCCCC(C)(NCCC)C(=O)O. The molecule has 0 saturated carbocycles. The average molecular weight is 275 g/mol. The first-order valence-electron chi connectivity index (χ1n) is 7.13. The molecule has 1 unspecified atom stereocenters. The van der Waals surface area contributed by atoms with Crippen LogP contribution >= 0.6 is 11.8 Å². The number of unbranched alkanes of at least 4 members (excludes halogenated alkanes) is 2. The predicted octanol–water partition coefficient (Wildman–Crippen LogP) is 3.53. The maximum absolute atomic E-state index is 11.3. The molecule has 0 aliphatic heterocycles. The molecule has 0 aliphatic carbocycles. The Morgan fingerprint density at radius 3 is 2.39 bits per heavy atom. The summed E-state index contributed by atoms with van der Waals surface area (Å²) < 4.78 is 0. The second kappa shape index (κ2) is 10.7. The number of carbonyl (C=O) groups is 1. The zero-order valence-electron chi connectivity index (χ0n) is 12.1. The van der Waals surface area contributed by atoms with E-state index in [-0.39, 0.29) is 0 Å². The van der Waals surface area contributed by atoms with E-state index in [0.717, 1.165) is 38.0 Å². The quantitative estimate of drug-likeness (QED) is 0.535. The molecule has 0 aromatic rings. The third-order valence-corrected chi connectivity index (χ3v) is 4.25. The number of rotatable bonds is 12. The molecule has 0 aliphatic rings. The van der Waals surface area contributed by atoms with Crippen LogP contribution in [0.4, 0.5) is 0 Å². The first kappa shape index (κ1) is 17.8. The Balaban J connectivity index is 3.73. The summed E-state index contributed by atoms with van der Waals surface area (Å²) in [6, 6.07) is 0. The lowest BCUT2D eigenvalue weighted by Gasteiger charge is -2.26. The zero-order valence-corrected chi connectivity index (χ0v) is 12.9. The highest BCUT2D eigenvalue weighted by molar-refractivity contribution is 7.99. The fraction of sp³-hybridized carbons (Fsp3) is 0.929. The van der Waals surface area contributed by atoms with Crippen molar-refractivity contribution in [2.24, 2.45) is 0 Å². The number of carboxylic acids is 1. The van der Waals surface area contributed by atoms with E-state index in [4.69, 9.17) is 0 Å². The van der Waals surface area contributed by atoms with Crippen molar-refractivity contribution in [2.75, 3.05) is 18.1 Å². The highest BCUT2D eigenvalue weighted by Crippen LogP contribution is 2.16. The molecule has 0 amide bonds. The molecule has 0 heterocycles.